The lowest BCUT2D eigenvalue weighted by molar-refractivity contribution is 0.170. The van der Waals surface area contributed by atoms with Gasteiger partial charge in [-0.05, 0) is 32.4 Å². The lowest BCUT2D eigenvalue weighted by Gasteiger charge is -2.31. The minimum absolute atomic E-state index is 0.292. The van der Waals surface area contributed by atoms with Crippen LogP contribution in [-0.2, 0) is 0 Å². The van der Waals surface area contributed by atoms with Gasteiger partial charge in [0, 0.05) is 25.2 Å². The van der Waals surface area contributed by atoms with Gasteiger partial charge in [0.2, 0.25) is 0 Å². The van der Waals surface area contributed by atoms with E-state index < -0.39 is 0 Å². The highest BCUT2D eigenvalue weighted by Gasteiger charge is 2.23. The van der Waals surface area contributed by atoms with Crippen LogP contribution in [0, 0.1) is 0 Å². The smallest absolute Gasteiger partial charge is 0.0446 e. The van der Waals surface area contributed by atoms with Crippen LogP contribution in [0.15, 0.2) is 0 Å². The first-order valence-electron chi connectivity index (χ1n) is 6.90. The van der Waals surface area contributed by atoms with Gasteiger partial charge in [0.05, 0.1) is 0 Å². The Morgan fingerprint density at radius 2 is 2.00 bits per heavy atom. The topological polar surface area (TPSA) is 35.5 Å². The zero-order valence-corrected chi connectivity index (χ0v) is 10.9. The van der Waals surface area contributed by atoms with E-state index in [2.05, 4.69) is 24.1 Å². The Morgan fingerprint density at radius 1 is 1.31 bits per heavy atom. The van der Waals surface area contributed by atoms with Crippen molar-refractivity contribution in [1.29, 1.82) is 0 Å². The second kappa shape index (κ2) is 8.04. The van der Waals surface area contributed by atoms with Crippen LogP contribution >= 0.6 is 0 Å². The normalized spacial score (nSPS) is 19.5. The summed E-state index contributed by atoms with van der Waals surface area (Å²) in [5.41, 5.74) is 0. The van der Waals surface area contributed by atoms with Gasteiger partial charge >= 0.3 is 0 Å². The fraction of sp³-hybridized carbons (Fsp3) is 1.00. The summed E-state index contributed by atoms with van der Waals surface area (Å²) >= 11 is 0. The SMILES string of the molecule is CCNC(CCO)CN(CC)C1CCCC1. The van der Waals surface area contributed by atoms with Gasteiger partial charge in [0.1, 0.15) is 0 Å². The molecule has 0 amide bonds. The van der Waals surface area contributed by atoms with Crippen LogP contribution in [0.4, 0.5) is 0 Å². The molecule has 3 heteroatoms. The molecule has 1 aliphatic carbocycles. The molecule has 2 N–H and O–H groups in total. The monoisotopic (exact) mass is 228 g/mol. The molecule has 0 heterocycles. The van der Waals surface area contributed by atoms with Crippen LogP contribution in [0.25, 0.3) is 0 Å². The Kier molecular flexibility index (Phi) is 7.01. The molecule has 1 fully saturated rings. The minimum Gasteiger partial charge on any atom is -0.396 e. The Balaban J connectivity index is 2.38. The standard InChI is InChI=1S/C13H28N2O/c1-3-14-12(9-10-16)11-15(4-2)13-7-5-6-8-13/h12-14,16H,3-11H2,1-2H3. The van der Waals surface area contributed by atoms with Crippen molar-refractivity contribution in [3.8, 4) is 0 Å². The van der Waals surface area contributed by atoms with E-state index in [4.69, 9.17) is 5.11 Å². The molecule has 0 radical (unpaired) electrons. The van der Waals surface area contributed by atoms with Gasteiger partial charge < -0.3 is 10.4 Å². The summed E-state index contributed by atoms with van der Waals surface area (Å²) in [5, 5.41) is 12.5. The van der Waals surface area contributed by atoms with Crippen molar-refractivity contribution in [2.75, 3.05) is 26.2 Å². The number of aliphatic hydroxyl groups is 1. The van der Waals surface area contributed by atoms with Crippen molar-refractivity contribution < 1.29 is 5.11 Å². The van der Waals surface area contributed by atoms with E-state index in [1.807, 2.05) is 0 Å². The predicted molar refractivity (Wildman–Crippen MR) is 68.7 cm³/mol. The van der Waals surface area contributed by atoms with Gasteiger partial charge in [-0.3, -0.25) is 4.90 Å². The highest BCUT2D eigenvalue weighted by molar-refractivity contribution is 4.80. The first-order chi connectivity index (χ1) is 7.81. The Labute approximate surface area is 100 Å². The second-order valence-electron chi connectivity index (χ2n) is 4.79. The lowest BCUT2D eigenvalue weighted by Crippen LogP contribution is -2.45. The van der Waals surface area contributed by atoms with Crippen LogP contribution < -0.4 is 5.32 Å². The van der Waals surface area contributed by atoms with Crippen LogP contribution in [0.5, 0.6) is 0 Å². The van der Waals surface area contributed by atoms with Crippen LogP contribution in [0.3, 0.4) is 0 Å². The minimum atomic E-state index is 0.292. The summed E-state index contributed by atoms with van der Waals surface area (Å²) in [6.45, 7) is 7.90. The molecule has 0 bridgehead atoms. The number of nitrogens with zero attached hydrogens (tertiary/aromatic N) is 1. The third-order valence-corrected chi connectivity index (χ3v) is 3.67. The van der Waals surface area contributed by atoms with Gasteiger partial charge in [-0.15, -0.1) is 0 Å². The fourth-order valence-electron chi connectivity index (χ4n) is 2.79. The first kappa shape index (κ1) is 13.9. The maximum absolute atomic E-state index is 9.06. The van der Waals surface area contributed by atoms with E-state index in [1.165, 1.54) is 25.7 Å². The molecular weight excluding hydrogens is 200 g/mol. The third kappa shape index (κ3) is 4.40. The molecule has 1 unspecified atom stereocenters. The molecule has 16 heavy (non-hydrogen) atoms. The predicted octanol–water partition coefficient (Wildman–Crippen LogP) is 1.61. The highest BCUT2D eigenvalue weighted by Crippen LogP contribution is 2.23. The van der Waals surface area contributed by atoms with Gasteiger partial charge in [0.25, 0.3) is 0 Å². The molecule has 0 spiro atoms. The summed E-state index contributed by atoms with van der Waals surface area (Å²) in [7, 11) is 0. The quantitative estimate of drug-likeness (QED) is 0.662. The van der Waals surface area contributed by atoms with Crippen LogP contribution in [0.1, 0.15) is 46.0 Å². The molecule has 0 aromatic carbocycles. The highest BCUT2D eigenvalue weighted by atomic mass is 16.3. The van der Waals surface area contributed by atoms with Gasteiger partial charge in [0.15, 0.2) is 0 Å². The Bertz CT molecular complexity index is 163. The van der Waals surface area contributed by atoms with Gasteiger partial charge in [-0.1, -0.05) is 26.7 Å². The molecule has 3 nitrogen and oxygen atoms in total. The first-order valence-corrected chi connectivity index (χ1v) is 6.90. The molecule has 0 saturated heterocycles. The van der Waals surface area contributed by atoms with E-state index >= 15 is 0 Å². The van der Waals surface area contributed by atoms with Crippen molar-refractivity contribution in [2.45, 2.75) is 58.0 Å². The molecule has 0 aliphatic heterocycles. The largest absolute Gasteiger partial charge is 0.396 e. The number of aliphatic hydroxyl groups excluding tert-OH is 1. The van der Waals surface area contributed by atoms with E-state index in [9.17, 15) is 0 Å². The van der Waals surface area contributed by atoms with Crippen molar-refractivity contribution in [2.24, 2.45) is 0 Å². The maximum atomic E-state index is 9.06. The summed E-state index contributed by atoms with van der Waals surface area (Å²) in [6.07, 6.45) is 6.40. The zero-order chi connectivity index (χ0) is 11.8. The number of hydrogen-bond donors (Lipinski definition) is 2. The zero-order valence-electron chi connectivity index (χ0n) is 10.9. The van der Waals surface area contributed by atoms with Crippen molar-refractivity contribution in [3.05, 3.63) is 0 Å². The fourth-order valence-corrected chi connectivity index (χ4v) is 2.79. The molecule has 1 atom stereocenters. The number of likely N-dealkylation sites (N-methyl/N-ethyl adjacent to an activating group) is 2. The molecule has 1 saturated carbocycles. The summed E-state index contributed by atoms with van der Waals surface area (Å²) < 4.78 is 0. The van der Waals surface area contributed by atoms with Gasteiger partial charge in [-0.25, -0.2) is 0 Å². The van der Waals surface area contributed by atoms with E-state index in [1.54, 1.807) is 0 Å². The third-order valence-electron chi connectivity index (χ3n) is 3.67. The summed E-state index contributed by atoms with van der Waals surface area (Å²) in [5.74, 6) is 0. The molecule has 0 aromatic heterocycles. The average molecular weight is 228 g/mol. The van der Waals surface area contributed by atoms with Crippen LogP contribution in [0.2, 0.25) is 0 Å². The molecular formula is C13H28N2O. The molecule has 1 rings (SSSR count). The maximum Gasteiger partial charge on any atom is 0.0446 e. The van der Waals surface area contributed by atoms with E-state index in [0.717, 1.165) is 32.1 Å². The van der Waals surface area contributed by atoms with Gasteiger partial charge in [-0.2, -0.15) is 0 Å². The number of nitrogens with one attached hydrogen (secondary N) is 1. The second-order valence-corrected chi connectivity index (χ2v) is 4.79. The van der Waals surface area contributed by atoms with Crippen molar-refractivity contribution in [1.82, 2.24) is 10.2 Å². The lowest BCUT2D eigenvalue weighted by atomic mass is 10.1. The van der Waals surface area contributed by atoms with Crippen molar-refractivity contribution >= 4 is 0 Å². The average Bonchev–Trinajstić information content (AvgIpc) is 2.79. The van der Waals surface area contributed by atoms with E-state index in [0.29, 0.717) is 12.6 Å². The molecule has 96 valence electrons. The van der Waals surface area contributed by atoms with Crippen LogP contribution in [-0.4, -0.2) is 48.3 Å². The number of rotatable bonds is 8. The van der Waals surface area contributed by atoms with E-state index in [-0.39, 0.29) is 0 Å². The molecule has 0 aromatic rings. The Hall–Kier alpha value is -0.120. The number of hydrogen-bond acceptors (Lipinski definition) is 3. The summed E-state index contributed by atoms with van der Waals surface area (Å²) in [4.78, 5) is 2.59. The van der Waals surface area contributed by atoms with Crippen molar-refractivity contribution in [3.63, 3.8) is 0 Å². The molecule has 1 aliphatic rings. The summed E-state index contributed by atoms with van der Waals surface area (Å²) in [6, 6.07) is 1.25. The Morgan fingerprint density at radius 3 is 2.50 bits per heavy atom.